The summed E-state index contributed by atoms with van der Waals surface area (Å²) in [6, 6.07) is 6.64. The van der Waals surface area contributed by atoms with E-state index in [0.29, 0.717) is 16.5 Å². The fraction of sp³-hybridized carbons (Fsp3) is 0.625. The lowest BCUT2D eigenvalue weighted by molar-refractivity contribution is 0.206. The van der Waals surface area contributed by atoms with Crippen molar-refractivity contribution >= 4 is 11.6 Å². The van der Waals surface area contributed by atoms with Crippen LogP contribution in [-0.4, -0.2) is 13.2 Å². The van der Waals surface area contributed by atoms with Gasteiger partial charge in [0.2, 0.25) is 0 Å². The van der Waals surface area contributed by atoms with Crippen molar-refractivity contribution in [3.05, 3.63) is 28.8 Å². The van der Waals surface area contributed by atoms with Gasteiger partial charge in [-0.25, -0.2) is 0 Å². The number of hydrogen-bond donors (Lipinski definition) is 1. The molecule has 1 fully saturated rings. The van der Waals surface area contributed by atoms with E-state index < -0.39 is 0 Å². The Morgan fingerprint density at radius 1 is 1.32 bits per heavy atom. The van der Waals surface area contributed by atoms with Crippen molar-refractivity contribution in [2.75, 3.05) is 7.11 Å². The molecule has 1 aliphatic carbocycles. The third kappa shape index (κ3) is 4.12. The summed E-state index contributed by atoms with van der Waals surface area (Å²) in [6.45, 7) is 5.62. The molecule has 0 bridgehead atoms. The van der Waals surface area contributed by atoms with Crippen LogP contribution in [0.4, 0.5) is 0 Å². The predicted molar refractivity (Wildman–Crippen MR) is 80.9 cm³/mol. The topological polar surface area (TPSA) is 21.3 Å². The number of hydrogen-bond acceptors (Lipinski definition) is 2. The van der Waals surface area contributed by atoms with E-state index in [-0.39, 0.29) is 0 Å². The highest BCUT2D eigenvalue weighted by Gasteiger charge is 2.26. The van der Waals surface area contributed by atoms with E-state index in [0.717, 1.165) is 12.3 Å². The molecule has 2 rings (SSSR count). The predicted octanol–water partition coefficient (Wildman–Crippen LogP) is 4.41. The molecule has 0 spiro atoms. The summed E-state index contributed by atoms with van der Waals surface area (Å²) in [6.07, 6.45) is 5.18. The molecule has 1 aliphatic rings. The van der Waals surface area contributed by atoms with Gasteiger partial charge >= 0.3 is 0 Å². The van der Waals surface area contributed by atoms with Crippen LogP contribution in [0.5, 0.6) is 5.75 Å². The molecule has 0 unspecified atom stereocenters. The van der Waals surface area contributed by atoms with Gasteiger partial charge in [-0.3, -0.25) is 0 Å². The molecule has 0 aromatic heterocycles. The minimum Gasteiger partial charge on any atom is -0.495 e. The van der Waals surface area contributed by atoms with Crippen LogP contribution in [0.1, 0.15) is 45.1 Å². The minimum atomic E-state index is 0.529. The number of benzene rings is 1. The lowest BCUT2D eigenvalue weighted by Gasteiger charge is -2.34. The third-order valence-corrected chi connectivity index (χ3v) is 4.45. The maximum Gasteiger partial charge on any atom is 0.137 e. The molecule has 0 amide bonds. The fourth-order valence-corrected chi connectivity index (χ4v) is 2.97. The molecule has 0 atom stereocenters. The average Bonchev–Trinajstić information content (AvgIpc) is 2.38. The molecule has 1 aromatic carbocycles. The van der Waals surface area contributed by atoms with E-state index in [4.69, 9.17) is 16.3 Å². The first-order valence-corrected chi connectivity index (χ1v) is 7.44. The van der Waals surface area contributed by atoms with Crippen molar-refractivity contribution in [2.45, 2.75) is 52.1 Å². The summed E-state index contributed by atoms with van der Waals surface area (Å²) in [5, 5.41) is 4.33. The zero-order valence-electron chi connectivity index (χ0n) is 12.1. The highest BCUT2D eigenvalue weighted by atomic mass is 35.5. The molecule has 0 saturated heterocycles. The molecule has 1 aromatic rings. The van der Waals surface area contributed by atoms with E-state index in [2.05, 4.69) is 25.2 Å². The number of rotatable bonds is 4. The summed E-state index contributed by atoms with van der Waals surface area (Å²) in [4.78, 5) is 0. The summed E-state index contributed by atoms with van der Waals surface area (Å²) in [7, 11) is 1.64. The molecule has 0 radical (unpaired) electrons. The second-order valence-electron chi connectivity index (χ2n) is 6.29. The zero-order valence-corrected chi connectivity index (χ0v) is 12.9. The standard InChI is InChI=1S/C16H24ClNO/c1-16(2)8-6-13(7-9-16)18-11-12-4-5-15(19-3)14(17)10-12/h4-5,10,13,18H,6-9,11H2,1-3H3. The Balaban J connectivity index is 1.84. The van der Waals surface area contributed by atoms with Crippen LogP contribution in [0.25, 0.3) is 0 Å². The number of halogens is 1. The van der Waals surface area contributed by atoms with Gasteiger partial charge in [0.15, 0.2) is 0 Å². The maximum absolute atomic E-state index is 6.14. The summed E-state index contributed by atoms with van der Waals surface area (Å²) in [5.74, 6) is 0.741. The van der Waals surface area contributed by atoms with Gasteiger partial charge in [-0.1, -0.05) is 31.5 Å². The molecule has 0 aliphatic heterocycles. The Kier molecular flexibility index (Phi) is 4.75. The summed E-state index contributed by atoms with van der Waals surface area (Å²) < 4.78 is 5.16. The van der Waals surface area contributed by atoms with Crippen molar-refractivity contribution in [1.29, 1.82) is 0 Å². The Labute approximate surface area is 121 Å². The van der Waals surface area contributed by atoms with E-state index >= 15 is 0 Å². The number of methoxy groups -OCH3 is 1. The Bertz CT molecular complexity index is 421. The first-order chi connectivity index (χ1) is 9.00. The normalized spacial score (nSPS) is 19.4. The fourth-order valence-electron chi connectivity index (χ4n) is 2.69. The lowest BCUT2D eigenvalue weighted by atomic mass is 9.75. The van der Waals surface area contributed by atoms with E-state index in [1.807, 2.05) is 12.1 Å². The zero-order chi connectivity index (χ0) is 13.9. The Morgan fingerprint density at radius 2 is 2.00 bits per heavy atom. The minimum absolute atomic E-state index is 0.529. The SMILES string of the molecule is COc1ccc(CNC2CCC(C)(C)CC2)cc1Cl. The van der Waals surface area contributed by atoms with Crippen LogP contribution in [0, 0.1) is 5.41 Å². The second-order valence-corrected chi connectivity index (χ2v) is 6.70. The molecular weight excluding hydrogens is 258 g/mol. The van der Waals surface area contributed by atoms with Gasteiger partial charge in [0, 0.05) is 12.6 Å². The van der Waals surface area contributed by atoms with Gasteiger partial charge in [-0.05, 0) is 48.8 Å². The van der Waals surface area contributed by atoms with Crippen LogP contribution < -0.4 is 10.1 Å². The van der Waals surface area contributed by atoms with Gasteiger partial charge in [0.05, 0.1) is 12.1 Å². The summed E-state index contributed by atoms with van der Waals surface area (Å²) in [5.41, 5.74) is 1.75. The number of nitrogens with one attached hydrogen (secondary N) is 1. The highest BCUT2D eigenvalue weighted by Crippen LogP contribution is 2.35. The monoisotopic (exact) mass is 281 g/mol. The summed E-state index contributed by atoms with van der Waals surface area (Å²) >= 11 is 6.14. The van der Waals surface area contributed by atoms with Gasteiger partial charge < -0.3 is 10.1 Å². The van der Waals surface area contributed by atoms with Crippen molar-refractivity contribution < 1.29 is 4.74 Å². The molecule has 1 saturated carbocycles. The van der Waals surface area contributed by atoms with Crippen molar-refractivity contribution in [3.8, 4) is 5.75 Å². The largest absolute Gasteiger partial charge is 0.495 e. The Hall–Kier alpha value is -0.730. The lowest BCUT2D eigenvalue weighted by Crippen LogP contribution is -2.35. The highest BCUT2D eigenvalue weighted by molar-refractivity contribution is 6.32. The molecule has 1 N–H and O–H groups in total. The Morgan fingerprint density at radius 3 is 2.58 bits per heavy atom. The van der Waals surface area contributed by atoms with Crippen LogP contribution in [0.3, 0.4) is 0 Å². The molecule has 3 heteroatoms. The molecule has 2 nitrogen and oxygen atoms in total. The molecule has 0 heterocycles. The van der Waals surface area contributed by atoms with Gasteiger partial charge in [0.25, 0.3) is 0 Å². The smallest absolute Gasteiger partial charge is 0.137 e. The van der Waals surface area contributed by atoms with Crippen LogP contribution >= 0.6 is 11.6 Å². The molecular formula is C16H24ClNO. The van der Waals surface area contributed by atoms with Crippen LogP contribution in [-0.2, 0) is 6.54 Å². The maximum atomic E-state index is 6.14. The first kappa shape index (κ1) is 14.7. The van der Waals surface area contributed by atoms with Crippen molar-refractivity contribution in [2.24, 2.45) is 5.41 Å². The first-order valence-electron chi connectivity index (χ1n) is 7.06. The van der Waals surface area contributed by atoms with Gasteiger partial charge in [-0.15, -0.1) is 0 Å². The van der Waals surface area contributed by atoms with E-state index in [1.54, 1.807) is 7.11 Å². The molecule has 106 valence electrons. The van der Waals surface area contributed by atoms with Crippen LogP contribution in [0.2, 0.25) is 5.02 Å². The average molecular weight is 282 g/mol. The second kappa shape index (κ2) is 6.15. The number of ether oxygens (including phenoxy) is 1. The quantitative estimate of drug-likeness (QED) is 0.883. The molecule has 19 heavy (non-hydrogen) atoms. The van der Waals surface area contributed by atoms with E-state index in [9.17, 15) is 0 Å². The van der Waals surface area contributed by atoms with Crippen molar-refractivity contribution in [1.82, 2.24) is 5.32 Å². The van der Waals surface area contributed by atoms with Crippen LogP contribution in [0.15, 0.2) is 18.2 Å². The third-order valence-electron chi connectivity index (χ3n) is 4.15. The van der Waals surface area contributed by atoms with Crippen molar-refractivity contribution in [3.63, 3.8) is 0 Å². The van der Waals surface area contributed by atoms with Gasteiger partial charge in [0.1, 0.15) is 5.75 Å². The van der Waals surface area contributed by atoms with E-state index in [1.165, 1.54) is 31.2 Å². The van der Waals surface area contributed by atoms with Gasteiger partial charge in [-0.2, -0.15) is 0 Å².